The Hall–Kier alpha value is -0.0800. The number of nitrogens with zero attached hydrogens (tertiary/aromatic N) is 1. The zero-order valence-electron chi connectivity index (χ0n) is 4.42. The Labute approximate surface area is 46.7 Å². The molecule has 1 nitrogen and oxygen atoms in total. The van der Waals surface area contributed by atoms with Crippen molar-refractivity contribution in [1.29, 1.82) is 0 Å². The molecule has 0 amide bonds. The topological polar surface area (TPSA) is 3.24 Å². The molecule has 2 heteroatoms. The minimum atomic E-state index is 0.185. The van der Waals surface area contributed by atoms with Gasteiger partial charge < -0.3 is 0 Å². The van der Waals surface area contributed by atoms with Gasteiger partial charge in [0.2, 0.25) is 0 Å². The molecule has 0 saturated carbocycles. The highest BCUT2D eigenvalue weighted by Gasteiger charge is 1.99. The van der Waals surface area contributed by atoms with Crippen molar-refractivity contribution >= 4 is 16.5 Å². The first-order valence-corrected chi connectivity index (χ1v) is 3.63. The van der Waals surface area contributed by atoms with Gasteiger partial charge in [-0.05, 0) is 12.5 Å². The summed E-state index contributed by atoms with van der Waals surface area (Å²) in [5.74, 6) is 3.89. The minimum absolute atomic E-state index is 0.185. The van der Waals surface area contributed by atoms with Crippen LogP contribution >= 0.6 is 10.7 Å². The van der Waals surface area contributed by atoms with Crippen molar-refractivity contribution in [2.45, 2.75) is 0 Å². The van der Waals surface area contributed by atoms with Gasteiger partial charge in [-0.3, -0.25) is 4.31 Å². The lowest BCUT2D eigenvalue weighted by molar-refractivity contribution is 0.649. The summed E-state index contributed by atoms with van der Waals surface area (Å²) in [6.07, 6.45) is 2.15. The van der Waals surface area contributed by atoms with Crippen LogP contribution in [0.1, 0.15) is 0 Å². The molecule has 0 aliphatic carbocycles. The molecule has 0 aromatic heterocycles. The Morgan fingerprint density at radius 3 is 2.71 bits per heavy atom. The smallest absolute Gasteiger partial charge is 0.0273 e. The SMILES string of the molecule is C=S1C=CCN1C. The third-order valence-electron chi connectivity index (χ3n) is 1.02. The zero-order chi connectivity index (χ0) is 5.28. The van der Waals surface area contributed by atoms with Gasteiger partial charge in [-0.15, -0.1) is 10.7 Å². The first-order chi connectivity index (χ1) is 3.30. The van der Waals surface area contributed by atoms with Crippen LogP contribution in [0.5, 0.6) is 0 Å². The highest BCUT2D eigenvalue weighted by atomic mass is 32.2. The van der Waals surface area contributed by atoms with Crippen LogP contribution in [0.3, 0.4) is 0 Å². The van der Waals surface area contributed by atoms with Gasteiger partial charge in [0.1, 0.15) is 0 Å². The van der Waals surface area contributed by atoms with Gasteiger partial charge in [0.15, 0.2) is 0 Å². The molecule has 40 valence electrons. The Morgan fingerprint density at radius 1 is 1.86 bits per heavy atom. The fourth-order valence-corrected chi connectivity index (χ4v) is 1.30. The summed E-state index contributed by atoms with van der Waals surface area (Å²) in [4.78, 5) is 0. The monoisotopic (exact) mass is 115 g/mol. The highest BCUT2D eigenvalue weighted by molar-refractivity contribution is 8.14. The van der Waals surface area contributed by atoms with E-state index in [1.165, 1.54) is 0 Å². The number of likely N-dealkylation sites (N-methyl/N-ethyl adjacent to an activating group) is 1. The zero-order valence-corrected chi connectivity index (χ0v) is 5.24. The second-order valence-electron chi connectivity index (χ2n) is 1.58. The van der Waals surface area contributed by atoms with Crippen LogP contribution in [-0.2, 0) is 0 Å². The van der Waals surface area contributed by atoms with E-state index in [0.717, 1.165) is 6.54 Å². The van der Waals surface area contributed by atoms with E-state index in [1.807, 2.05) is 0 Å². The van der Waals surface area contributed by atoms with Crippen LogP contribution in [0.25, 0.3) is 0 Å². The molecule has 0 spiro atoms. The van der Waals surface area contributed by atoms with E-state index in [0.29, 0.717) is 0 Å². The maximum Gasteiger partial charge on any atom is 0.0273 e. The minimum Gasteiger partial charge on any atom is -0.252 e. The lowest BCUT2D eigenvalue weighted by atomic mass is 10.6. The predicted molar refractivity (Wildman–Crippen MR) is 36.5 cm³/mol. The first kappa shape index (κ1) is 5.06. The fourth-order valence-electron chi connectivity index (χ4n) is 0.502. The Morgan fingerprint density at radius 2 is 2.57 bits per heavy atom. The van der Waals surface area contributed by atoms with Crippen LogP contribution in [-0.4, -0.2) is 23.8 Å². The standard InChI is InChI=1S/C5H9NS/c1-6-4-3-5-7(6)2/h3,5H,2,4H2,1H3. The van der Waals surface area contributed by atoms with E-state index < -0.39 is 0 Å². The number of hydrogen-bond donors (Lipinski definition) is 0. The molecule has 1 heterocycles. The summed E-state index contributed by atoms with van der Waals surface area (Å²) in [6, 6.07) is 0. The second-order valence-corrected chi connectivity index (χ2v) is 3.28. The number of rotatable bonds is 0. The molecule has 1 atom stereocenters. The van der Waals surface area contributed by atoms with E-state index in [-0.39, 0.29) is 10.7 Å². The Kier molecular flexibility index (Phi) is 1.30. The van der Waals surface area contributed by atoms with Gasteiger partial charge in [0, 0.05) is 6.54 Å². The van der Waals surface area contributed by atoms with Crippen LogP contribution in [0.2, 0.25) is 0 Å². The van der Waals surface area contributed by atoms with Gasteiger partial charge in [-0.25, -0.2) is 0 Å². The Bertz CT molecular complexity index is 117. The molecule has 0 N–H and O–H groups in total. The molecular weight excluding hydrogens is 106 g/mol. The summed E-state index contributed by atoms with van der Waals surface area (Å²) in [5.41, 5.74) is 0. The largest absolute Gasteiger partial charge is 0.252 e. The Balaban J connectivity index is 2.62. The molecule has 0 fully saturated rings. The van der Waals surface area contributed by atoms with Gasteiger partial charge in [-0.2, -0.15) is 0 Å². The van der Waals surface area contributed by atoms with Crippen molar-refractivity contribution in [2.24, 2.45) is 0 Å². The van der Waals surface area contributed by atoms with E-state index >= 15 is 0 Å². The van der Waals surface area contributed by atoms with E-state index in [9.17, 15) is 0 Å². The van der Waals surface area contributed by atoms with Crippen LogP contribution < -0.4 is 0 Å². The van der Waals surface area contributed by atoms with E-state index in [1.54, 1.807) is 0 Å². The van der Waals surface area contributed by atoms with Crippen molar-refractivity contribution in [3.8, 4) is 0 Å². The van der Waals surface area contributed by atoms with Crippen molar-refractivity contribution in [3.63, 3.8) is 0 Å². The predicted octanol–water partition coefficient (Wildman–Crippen LogP) is 1.06. The molecule has 1 aliphatic heterocycles. The molecule has 7 heavy (non-hydrogen) atoms. The van der Waals surface area contributed by atoms with Gasteiger partial charge >= 0.3 is 0 Å². The summed E-state index contributed by atoms with van der Waals surface area (Å²) in [6.45, 7) is 1.08. The van der Waals surface area contributed by atoms with Gasteiger partial charge in [-0.1, -0.05) is 11.9 Å². The molecule has 0 aromatic carbocycles. The average molecular weight is 115 g/mol. The van der Waals surface area contributed by atoms with E-state index in [4.69, 9.17) is 0 Å². The average Bonchev–Trinajstić information content (AvgIpc) is 1.91. The summed E-state index contributed by atoms with van der Waals surface area (Å²) in [7, 11) is 2.26. The molecule has 1 aliphatic rings. The molecule has 0 radical (unpaired) electrons. The summed E-state index contributed by atoms with van der Waals surface area (Å²) < 4.78 is 2.21. The third kappa shape index (κ3) is 0.924. The van der Waals surface area contributed by atoms with Crippen molar-refractivity contribution in [1.82, 2.24) is 4.31 Å². The van der Waals surface area contributed by atoms with Gasteiger partial charge in [0.25, 0.3) is 0 Å². The lowest BCUT2D eigenvalue weighted by Gasteiger charge is -2.06. The molecule has 0 aromatic rings. The quantitative estimate of drug-likeness (QED) is 0.427. The van der Waals surface area contributed by atoms with Crippen molar-refractivity contribution in [2.75, 3.05) is 13.6 Å². The third-order valence-corrected chi connectivity index (χ3v) is 2.47. The number of hydrogen-bond acceptors (Lipinski definition) is 1. The lowest BCUT2D eigenvalue weighted by Crippen LogP contribution is -2.03. The molecule has 0 bridgehead atoms. The first-order valence-electron chi connectivity index (χ1n) is 2.21. The van der Waals surface area contributed by atoms with E-state index in [2.05, 4.69) is 28.7 Å². The van der Waals surface area contributed by atoms with Crippen molar-refractivity contribution < 1.29 is 0 Å². The normalized spacial score (nSPS) is 31.9. The summed E-state index contributed by atoms with van der Waals surface area (Å²) >= 11 is 0. The molecule has 0 saturated heterocycles. The second kappa shape index (κ2) is 1.80. The molecule has 1 unspecified atom stereocenters. The summed E-state index contributed by atoms with van der Waals surface area (Å²) in [5, 5.41) is 2.14. The van der Waals surface area contributed by atoms with Crippen LogP contribution in [0.4, 0.5) is 0 Å². The van der Waals surface area contributed by atoms with Crippen LogP contribution in [0.15, 0.2) is 11.5 Å². The molecule has 1 rings (SSSR count). The van der Waals surface area contributed by atoms with Gasteiger partial charge in [0.05, 0.1) is 0 Å². The molecular formula is C5H9NS. The van der Waals surface area contributed by atoms with Crippen molar-refractivity contribution in [3.05, 3.63) is 11.5 Å². The highest BCUT2D eigenvalue weighted by Crippen LogP contribution is 2.21. The maximum atomic E-state index is 3.89. The van der Waals surface area contributed by atoms with Crippen LogP contribution in [0, 0.1) is 0 Å². The fraction of sp³-hybridized carbons (Fsp3) is 0.400. The maximum absolute atomic E-state index is 3.89.